The summed E-state index contributed by atoms with van der Waals surface area (Å²) in [6, 6.07) is 7.83. The van der Waals surface area contributed by atoms with Crippen LogP contribution in [-0.2, 0) is 0 Å². The van der Waals surface area contributed by atoms with E-state index in [-0.39, 0.29) is 5.92 Å². The third-order valence-corrected chi connectivity index (χ3v) is 6.07. The second-order valence-electron chi connectivity index (χ2n) is 6.46. The van der Waals surface area contributed by atoms with E-state index in [4.69, 9.17) is 4.98 Å². The van der Waals surface area contributed by atoms with Crippen molar-refractivity contribution in [3.05, 3.63) is 57.3 Å². The molecular weight excluding hydrogens is 432 g/mol. The van der Waals surface area contributed by atoms with Gasteiger partial charge in [0.15, 0.2) is 0 Å². The minimum atomic E-state index is 0.247. The Hall–Kier alpha value is -1.17. The predicted molar refractivity (Wildman–Crippen MR) is 104 cm³/mol. The van der Waals surface area contributed by atoms with Gasteiger partial charge in [-0.25, -0.2) is 0 Å². The maximum atomic E-state index is 9.95. The van der Waals surface area contributed by atoms with Gasteiger partial charge in [-0.2, -0.15) is 0 Å². The molecular formula is C19H18Br2N2O. The molecule has 2 N–H and O–H groups in total. The lowest BCUT2D eigenvalue weighted by atomic mass is 9.76. The Kier molecular flexibility index (Phi) is 4.50. The maximum Gasteiger partial charge on any atom is 0.116 e. The van der Waals surface area contributed by atoms with Gasteiger partial charge in [0.25, 0.3) is 0 Å². The molecule has 24 heavy (non-hydrogen) atoms. The Morgan fingerprint density at radius 3 is 2.71 bits per heavy atom. The van der Waals surface area contributed by atoms with E-state index in [1.165, 1.54) is 5.56 Å². The summed E-state index contributed by atoms with van der Waals surface area (Å²) in [7, 11) is 0. The molecule has 1 saturated heterocycles. The first-order chi connectivity index (χ1) is 11.6. The third kappa shape index (κ3) is 2.93. The normalized spacial score (nSPS) is 20.8. The molecule has 1 aromatic carbocycles. The highest BCUT2D eigenvalue weighted by Crippen LogP contribution is 2.45. The minimum absolute atomic E-state index is 0.247. The van der Waals surface area contributed by atoms with Gasteiger partial charge in [-0.1, -0.05) is 22.0 Å². The molecule has 2 aromatic rings. The van der Waals surface area contributed by atoms with E-state index >= 15 is 0 Å². The van der Waals surface area contributed by atoms with Crippen LogP contribution in [0, 0.1) is 5.92 Å². The van der Waals surface area contributed by atoms with Gasteiger partial charge in [0.2, 0.25) is 0 Å². The Balaban J connectivity index is 1.94. The lowest BCUT2D eigenvalue weighted by Crippen LogP contribution is -2.32. The SMILES string of the molecule is Oc1ccc2c(c1)C=C(Br)c1cc(Br)cnc1C2C1CCNCC1. The van der Waals surface area contributed by atoms with Crippen LogP contribution >= 0.6 is 31.9 Å². The van der Waals surface area contributed by atoms with Crippen molar-refractivity contribution < 1.29 is 5.11 Å². The number of phenols is 1. The number of phenolic OH excluding ortho intramolecular Hbond substituents is 1. The van der Waals surface area contributed by atoms with Crippen LogP contribution in [0.5, 0.6) is 5.75 Å². The number of piperidine rings is 1. The highest BCUT2D eigenvalue weighted by Gasteiger charge is 2.33. The zero-order valence-corrected chi connectivity index (χ0v) is 16.3. The van der Waals surface area contributed by atoms with Gasteiger partial charge in [-0.05, 0) is 83.2 Å². The number of aromatic hydroxyl groups is 1. The summed E-state index contributed by atoms with van der Waals surface area (Å²) >= 11 is 7.27. The molecule has 1 unspecified atom stereocenters. The van der Waals surface area contributed by atoms with E-state index in [1.807, 2.05) is 12.3 Å². The van der Waals surface area contributed by atoms with Crippen molar-refractivity contribution in [2.45, 2.75) is 18.8 Å². The van der Waals surface area contributed by atoms with Crippen LogP contribution < -0.4 is 5.32 Å². The van der Waals surface area contributed by atoms with Crippen molar-refractivity contribution >= 4 is 42.4 Å². The molecule has 0 bridgehead atoms. The topological polar surface area (TPSA) is 45.2 Å². The molecule has 1 aromatic heterocycles. The fourth-order valence-corrected chi connectivity index (χ4v) is 4.77. The van der Waals surface area contributed by atoms with E-state index in [0.29, 0.717) is 11.7 Å². The summed E-state index contributed by atoms with van der Waals surface area (Å²) in [4.78, 5) is 4.81. The van der Waals surface area contributed by atoms with Crippen molar-refractivity contribution in [1.82, 2.24) is 10.3 Å². The van der Waals surface area contributed by atoms with E-state index in [0.717, 1.165) is 51.7 Å². The molecule has 0 amide bonds. The Morgan fingerprint density at radius 2 is 1.92 bits per heavy atom. The Morgan fingerprint density at radius 1 is 1.12 bits per heavy atom. The number of pyridine rings is 1. The van der Waals surface area contributed by atoms with Crippen LogP contribution in [0.2, 0.25) is 0 Å². The van der Waals surface area contributed by atoms with Gasteiger partial charge >= 0.3 is 0 Å². The number of hydrogen-bond donors (Lipinski definition) is 2. The van der Waals surface area contributed by atoms with Gasteiger partial charge in [-0.15, -0.1) is 0 Å². The molecule has 0 spiro atoms. The zero-order chi connectivity index (χ0) is 16.7. The Labute approximate surface area is 158 Å². The molecule has 1 fully saturated rings. The van der Waals surface area contributed by atoms with E-state index in [9.17, 15) is 5.11 Å². The van der Waals surface area contributed by atoms with Crippen LogP contribution in [0.15, 0.2) is 34.9 Å². The van der Waals surface area contributed by atoms with Gasteiger partial charge in [-0.3, -0.25) is 4.98 Å². The fraction of sp³-hybridized carbons (Fsp3) is 0.316. The smallest absolute Gasteiger partial charge is 0.116 e. The number of halogens is 2. The molecule has 4 rings (SSSR count). The molecule has 3 nitrogen and oxygen atoms in total. The first kappa shape index (κ1) is 16.3. The summed E-state index contributed by atoms with van der Waals surface area (Å²) in [5.41, 5.74) is 4.58. The molecule has 1 atom stereocenters. The lowest BCUT2D eigenvalue weighted by Gasteiger charge is -2.32. The van der Waals surface area contributed by atoms with Crippen molar-refractivity contribution in [3.8, 4) is 5.75 Å². The van der Waals surface area contributed by atoms with Crippen LogP contribution in [0.3, 0.4) is 0 Å². The summed E-state index contributed by atoms with van der Waals surface area (Å²) in [5, 5.41) is 13.4. The summed E-state index contributed by atoms with van der Waals surface area (Å²) < 4.78 is 1.99. The van der Waals surface area contributed by atoms with Crippen LogP contribution in [0.1, 0.15) is 41.1 Å². The third-order valence-electron chi connectivity index (χ3n) is 4.98. The van der Waals surface area contributed by atoms with E-state index in [2.05, 4.69) is 55.4 Å². The van der Waals surface area contributed by atoms with Gasteiger partial charge in [0, 0.05) is 26.6 Å². The maximum absolute atomic E-state index is 9.95. The molecule has 0 radical (unpaired) electrons. The van der Waals surface area contributed by atoms with Crippen LogP contribution in [-0.4, -0.2) is 23.2 Å². The number of nitrogens with one attached hydrogen (secondary N) is 1. The number of fused-ring (bicyclic) bond motifs is 2. The molecule has 1 aliphatic heterocycles. The van der Waals surface area contributed by atoms with Crippen LogP contribution in [0.25, 0.3) is 10.6 Å². The molecule has 1 aliphatic carbocycles. The summed E-state index contributed by atoms with van der Waals surface area (Å²) in [6.07, 6.45) is 6.27. The quantitative estimate of drug-likeness (QED) is 0.651. The van der Waals surface area contributed by atoms with Crippen molar-refractivity contribution in [2.75, 3.05) is 13.1 Å². The lowest BCUT2D eigenvalue weighted by molar-refractivity contribution is 0.338. The highest BCUT2D eigenvalue weighted by atomic mass is 79.9. The monoisotopic (exact) mass is 448 g/mol. The van der Waals surface area contributed by atoms with Crippen LogP contribution in [0.4, 0.5) is 0 Å². The molecule has 0 saturated carbocycles. The van der Waals surface area contributed by atoms with E-state index < -0.39 is 0 Å². The molecule has 2 aliphatic rings. The number of rotatable bonds is 1. The molecule has 5 heteroatoms. The Bertz CT molecular complexity index is 813. The number of hydrogen-bond acceptors (Lipinski definition) is 3. The second-order valence-corrected chi connectivity index (χ2v) is 8.23. The highest BCUT2D eigenvalue weighted by molar-refractivity contribution is 9.15. The predicted octanol–water partition coefficient (Wildman–Crippen LogP) is 4.89. The second kappa shape index (κ2) is 6.62. The van der Waals surface area contributed by atoms with Gasteiger partial charge in [0.05, 0.1) is 5.69 Å². The van der Waals surface area contributed by atoms with Crippen molar-refractivity contribution in [1.29, 1.82) is 0 Å². The number of nitrogens with zero attached hydrogens (tertiary/aromatic N) is 1. The first-order valence-corrected chi connectivity index (χ1v) is 9.79. The summed E-state index contributed by atoms with van der Waals surface area (Å²) in [6.45, 7) is 2.10. The van der Waals surface area contributed by atoms with E-state index in [1.54, 1.807) is 6.07 Å². The average molecular weight is 450 g/mol. The minimum Gasteiger partial charge on any atom is -0.508 e. The largest absolute Gasteiger partial charge is 0.508 e. The van der Waals surface area contributed by atoms with Gasteiger partial charge < -0.3 is 10.4 Å². The van der Waals surface area contributed by atoms with Gasteiger partial charge in [0.1, 0.15) is 5.75 Å². The van der Waals surface area contributed by atoms with Crippen molar-refractivity contribution in [3.63, 3.8) is 0 Å². The summed E-state index contributed by atoms with van der Waals surface area (Å²) in [5.74, 6) is 1.10. The first-order valence-electron chi connectivity index (χ1n) is 8.20. The fourth-order valence-electron chi connectivity index (χ4n) is 3.88. The van der Waals surface area contributed by atoms with Crippen molar-refractivity contribution in [2.24, 2.45) is 5.92 Å². The zero-order valence-electron chi connectivity index (χ0n) is 13.1. The number of aromatic nitrogens is 1. The molecule has 2 heterocycles. The standard InChI is InChI=1S/C19H18Br2N2O/c20-13-9-16-17(21)8-12-7-14(24)1-2-15(12)18(19(16)23-10-13)11-3-5-22-6-4-11/h1-2,7-11,18,22,24H,3-6H2. The average Bonchev–Trinajstić information content (AvgIpc) is 2.69. The molecule has 124 valence electrons. The number of benzene rings is 1.